The molecule has 2 heterocycles. The lowest BCUT2D eigenvalue weighted by atomic mass is 10.1. The largest absolute Gasteiger partial charge is 0.497 e. The van der Waals surface area contributed by atoms with Crippen molar-refractivity contribution in [2.75, 3.05) is 59.5 Å². The Kier molecular flexibility index (Phi) is 7.15. The molecule has 1 fully saturated rings. The molecule has 0 bridgehead atoms. The molecule has 0 saturated carbocycles. The highest BCUT2D eigenvalue weighted by atomic mass is 32.2. The van der Waals surface area contributed by atoms with E-state index < -0.39 is 10.0 Å². The standard InChI is InChI=1S/C23H27N3O6S2/c1-29-16-5-7-20(30-2)18(13-16)19-15-33-23(24-19)25-9-11-26(12-10-25)34(27,28)17-6-8-21(31-3)22(14-17)32-4/h5-8,13-15H,9-12H2,1-4H3. The maximum atomic E-state index is 13.2. The lowest BCUT2D eigenvalue weighted by Gasteiger charge is -2.33. The molecular formula is C23H27N3O6S2. The van der Waals surface area contributed by atoms with Crippen LogP contribution in [0.5, 0.6) is 23.0 Å². The number of hydrogen-bond donors (Lipinski definition) is 0. The van der Waals surface area contributed by atoms with E-state index >= 15 is 0 Å². The average Bonchev–Trinajstić information content (AvgIpc) is 3.38. The van der Waals surface area contributed by atoms with Crippen LogP contribution >= 0.6 is 11.3 Å². The molecule has 4 rings (SSSR count). The number of sulfonamides is 1. The van der Waals surface area contributed by atoms with E-state index in [2.05, 4.69) is 4.90 Å². The molecule has 9 nitrogen and oxygen atoms in total. The molecule has 0 spiro atoms. The van der Waals surface area contributed by atoms with Crippen molar-refractivity contribution in [3.8, 4) is 34.3 Å². The number of methoxy groups -OCH3 is 4. The molecule has 2 aromatic carbocycles. The monoisotopic (exact) mass is 505 g/mol. The average molecular weight is 506 g/mol. The predicted molar refractivity (Wildman–Crippen MR) is 131 cm³/mol. The molecule has 1 saturated heterocycles. The highest BCUT2D eigenvalue weighted by Crippen LogP contribution is 2.36. The molecule has 0 radical (unpaired) electrons. The number of benzene rings is 2. The smallest absolute Gasteiger partial charge is 0.243 e. The molecule has 1 aliphatic heterocycles. The van der Waals surface area contributed by atoms with E-state index in [0.29, 0.717) is 43.4 Å². The quantitative estimate of drug-likeness (QED) is 0.460. The first-order chi connectivity index (χ1) is 16.4. The second-order valence-electron chi connectivity index (χ2n) is 7.49. The molecule has 0 aliphatic carbocycles. The van der Waals surface area contributed by atoms with Gasteiger partial charge < -0.3 is 23.8 Å². The summed E-state index contributed by atoms with van der Waals surface area (Å²) in [5.74, 6) is 2.30. The number of ether oxygens (including phenoxy) is 4. The Hall–Kier alpha value is -3.02. The second-order valence-corrected chi connectivity index (χ2v) is 10.3. The van der Waals surface area contributed by atoms with Gasteiger partial charge in [-0.3, -0.25) is 0 Å². The normalized spacial score (nSPS) is 14.6. The van der Waals surface area contributed by atoms with E-state index in [1.54, 1.807) is 20.3 Å². The van der Waals surface area contributed by atoms with Gasteiger partial charge in [-0.25, -0.2) is 13.4 Å². The van der Waals surface area contributed by atoms with Crippen LogP contribution in [0.2, 0.25) is 0 Å². The highest BCUT2D eigenvalue weighted by Gasteiger charge is 2.30. The Morgan fingerprint density at radius 1 is 0.824 bits per heavy atom. The molecule has 1 aromatic heterocycles. The molecular weight excluding hydrogens is 478 g/mol. The third-order valence-corrected chi connectivity index (χ3v) is 8.47. The number of aromatic nitrogens is 1. The van der Waals surface area contributed by atoms with Crippen molar-refractivity contribution in [1.29, 1.82) is 0 Å². The summed E-state index contributed by atoms with van der Waals surface area (Å²) in [4.78, 5) is 7.07. The lowest BCUT2D eigenvalue weighted by Crippen LogP contribution is -2.48. The van der Waals surface area contributed by atoms with Gasteiger partial charge in [-0.05, 0) is 30.3 Å². The fourth-order valence-corrected chi connectivity index (χ4v) is 6.11. The Morgan fingerprint density at radius 3 is 2.15 bits per heavy atom. The number of anilines is 1. The topological polar surface area (TPSA) is 90.4 Å². The van der Waals surface area contributed by atoms with Crippen molar-refractivity contribution in [2.24, 2.45) is 0 Å². The summed E-state index contributed by atoms with van der Waals surface area (Å²) in [5, 5.41) is 2.81. The van der Waals surface area contributed by atoms with E-state index in [-0.39, 0.29) is 4.90 Å². The molecule has 11 heteroatoms. The van der Waals surface area contributed by atoms with Gasteiger partial charge in [-0.2, -0.15) is 4.31 Å². The van der Waals surface area contributed by atoms with Crippen molar-refractivity contribution >= 4 is 26.5 Å². The third kappa shape index (κ3) is 4.63. The minimum absolute atomic E-state index is 0.181. The van der Waals surface area contributed by atoms with Crippen molar-refractivity contribution in [3.05, 3.63) is 41.8 Å². The first-order valence-electron chi connectivity index (χ1n) is 10.6. The number of thiazole rings is 1. The molecule has 0 N–H and O–H groups in total. The Bertz CT molecular complexity index is 1250. The van der Waals surface area contributed by atoms with Crippen LogP contribution in [-0.2, 0) is 10.0 Å². The van der Waals surface area contributed by atoms with Crippen molar-refractivity contribution < 1.29 is 27.4 Å². The van der Waals surface area contributed by atoms with Crippen molar-refractivity contribution in [1.82, 2.24) is 9.29 Å². The van der Waals surface area contributed by atoms with Crippen LogP contribution in [-0.4, -0.2) is 72.3 Å². The summed E-state index contributed by atoms with van der Waals surface area (Å²) in [7, 11) is 2.58. The van der Waals surface area contributed by atoms with Gasteiger partial charge >= 0.3 is 0 Å². The zero-order valence-electron chi connectivity index (χ0n) is 19.5. The maximum absolute atomic E-state index is 13.2. The van der Waals surface area contributed by atoms with Crippen LogP contribution in [0.1, 0.15) is 0 Å². The van der Waals surface area contributed by atoms with E-state index in [1.807, 2.05) is 23.6 Å². The summed E-state index contributed by atoms with van der Waals surface area (Å²) in [6.45, 7) is 1.78. The van der Waals surface area contributed by atoms with Gasteiger partial charge in [0.2, 0.25) is 10.0 Å². The Balaban J connectivity index is 1.48. The summed E-state index contributed by atoms with van der Waals surface area (Å²) >= 11 is 1.52. The molecule has 34 heavy (non-hydrogen) atoms. The first-order valence-corrected chi connectivity index (χ1v) is 12.9. The van der Waals surface area contributed by atoms with E-state index in [1.165, 1.54) is 42.0 Å². The fraction of sp³-hybridized carbons (Fsp3) is 0.348. The summed E-state index contributed by atoms with van der Waals surface area (Å²) < 4.78 is 49.2. The second kappa shape index (κ2) is 10.1. The van der Waals surface area contributed by atoms with Crippen LogP contribution in [0.25, 0.3) is 11.3 Å². The minimum atomic E-state index is -3.66. The Labute approximate surface area is 203 Å². The van der Waals surface area contributed by atoms with Crippen LogP contribution in [0.3, 0.4) is 0 Å². The van der Waals surface area contributed by atoms with Crippen molar-refractivity contribution in [2.45, 2.75) is 4.90 Å². The number of nitrogens with zero attached hydrogens (tertiary/aromatic N) is 3. The fourth-order valence-electron chi connectivity index (χ4n) is 3.79. The highest BCUT2D eigenvalue weighted by molar-refractivity contribution is 7.89. The Morgan fingerprint density at radius 2 is 1.50 bits per heavy atom. The van der Waals surface area contributed by atoms with Gasteiger partial charge in [0.1, 0.15) is 11.5 Å². The van der Waals surface area contributed by atoms with Crippen molar-refractivity contribution in [3.63, 3.8) is 0 Å². The zero-order valence-corrected chi connectivity index (χ0v) is 21.1. The first kappa shape index (κ1) is 24.1. The summed E-state index contributed by atoms with van der Waals surface area (Å²) in [6, 6.07) is 10.2. The molecule has 0 amide bonds. The lowest BCUT2D eigenvalue weighted by molar-refractivity contribution is 0.353. The number of hydrogen-bond acceptors (Lipinski definition) is 9. The third-order valence-electron chi connectivity index (χ3n) is 5.68. The van der Waals surface area contributed by atoms with Gasteiger partial charge in [0.05, 0.1) is 39.0 Å². The minimum Gasteiger partial charge on any atom is -0.497 e. The van der Waals surface area contributed by atoms with Gasteiger partial charge in [-0.15, -0.1) is 11.3 Å². The predicted octanol–water partition coefficient (Wildman–Crippen LogP) is 3.36. The molecule has 3 aromatic rings. The van der Waals surface area contributed by atoms with E-state index in [0.717, 1.165) is 22.1 Å². The number of piperazine rings is 1. The summed E-state index contributed by atoms with van der Waals surface area (Å²) in [6.07, 6.45) is 0. The van der Waals surface area contributed by atoms with Gasteiger partial charge in [0, 0.05) is 43.2 Å². The van der Waals surface area contributed by atoms with Gasteiger partial charge in [0.25, 0.3) is 0 Å². The van der Waals surface area contributed by atoms with Crippen LogP contribution in [0.15, 0.2) is 46.7 Å². The summed E-state index contributed by atoms with van der Waals surface area (Å²) in [5.41, 5.74) is 1.63. The van der Waals surface area contributed by atoms with Gasteiger partial charge in [-0.1, -0.05) is 0 Å². The molecule has 182 valence electrons. The van der Waals surface area contributed by atoms with Crippen LogP contribution in [0, 0.1) is 0 Å². The SMILES string of the molecule is COc1ccc(OC)c(-c2csc(N3CCN(S(=O)(=O)c4ccc(OC)c(OC)c4)CC3)n2)c1. The zero-order chi connectivity index (χ0) is 24.3. The maximum Gasteiger partial charge on any atom is 0.243 e. The molecule has 1 aliphatic rings. The van der Waals surface area contributed by atoms with E-state index in [4.69, 9.17) is 23.9 Å². The van der Waals surface area contributed by atoms with Crippen LogP contribution in [0.4, 0.5) is 5.13 Å². The number of rotatable bonds is 8. The van der Waals surface area contributed by atoms with Gasteiger partial charge in [0.15, 0.2) is 16.6 Å². The van der Waals surface area contributed by atoms with Crippen LogP contribution < -0.4 is 23.8 Å². The molecule has 0 unspecified atom stereocenters. The molecule has 0 atom stereocenters. The van der Waals surface area contributed by atoms with E-state index in [9.17, 15) is 8.42 Å².